The summed E-state index contributed by atoms with van der Waals surface area (Å²) in [6.07, 6.45) is 0.482. The number of carboxylic acid groups (broad SMARTS) is 1. The summed E-state index contributed by atoms with van der Waals surface area (Å²) in [7, 11) is 0. The average molecular weight is 519 g/mol. The van der Waals surface area contributed by atoms with Crippen molar-refractivity contribution in [3.63, 3.8) is 0 Å². The Balaban J connectivity index is 1.66. The largest absolute Gasteiger partial charge is 0.481 e. The Labute approximate surface area is 222 Å². The molecule has 0 radical (unpaired) electrons. The van der Waals surface area contributed by atoms with E-state index in [1.807, 2.05) is 50.2 Å². The number of carbonyl (C=O) groups excluding carboxylic acids is 2. The zero-order valence-corrected chi connectivity index (χ0v) is 22.2. The number of halogens is 1. The van der Waals surface area contributed by atoms with Crippen LogP contribution in [0.25, 0.3) is 0 Å². The molecule has 0 aromatic heterocycles. The van der Waals surface area contributed by atoms with Gasteiger partial charge in [0.15, 0.2) is 0 Å². The summed E-state index contributed by atoms with van der Waals surface area (Å²) in [5, 5.41) is 10.1. The van der Waals surface area contributed by atoms with E-state index in [2.05, 4.69) is 0 Å². The Kier molecular flexibility index (Phi) is 7.42. The van der Waals surface area contributed by atoms with Gasteiger partial charge in [-0.05, 0) is 87.7 Å². The average Bonchev–Trinajstić information content (AvgIpc) is 2.89. The number of rotatable bonds is 6. The second-order valence-corrected chi connectivity index (χ2v) is 10.4. The number of carbonyl (C=O) groups is 3. The number of carboxylic acids is 1. The Hall–Kier alpha value is -3.64. The molecule has 4 rings (SSSR count). The quantitative estimate of drug-likeness (QED) is 0.416. The number of likely N-dealkylation sites (N-methyl/N-ethyl adjacent to an activating group) is 1. The smallest absolute Gasteiger partial charge is 0.313 e. The Bertz CT molecular complexity index is 1320. The molecular weight excluding hydrogens is 488 g/mol. The van der Waals surface area contributed by atoms with Crippen LogP contribution in [0.5, 0.6) is 0 Å². The standard InChI is InChI=1S/C30H31ClN2O4/c1-5-32(23-16-14-22(31)15-17-23)28(35)25-18-19(2)33(26-9-7-6-8-24(25)26)27(34)20-10-12-21(13-11-20)30(3,4)29(36)37/h6-17,19,25H,5,18H2,1-4H3,(H,36,37)/t19-,25-/m0/s1. The molecule has 2 atom stereocenters. The van der Waals surface area contributed by atoms with Gasteiger partial charge in [0, 0.05) is 34.5 Å². The maximum atomic E-state index is 13.8. The van der Waals surface area contributed by atoms with Crippen LogP contribution in [0, 0.1) is 0 Å². The minimum absolute atomic E-state index is 0.0172. The summed E-state index contributed by atoms with van der Waals surface area (Å²) in [6.45, 7) is 7.67. The second kappa shape index (κ2) is 10.4. The fraction of sp³-hybridized carbons (Fsp3) is 0.300. The summed E-state index contributed by atoms with van der Waals surface area (Å²) < 4.78 is 0. The SMILES string of the molecule is CCN(C(=O)[C@H]1C[C@H](C)N(C(=O)c2ccc(C(C)(C)C(=O)O)cc2)c2ccccc21)c1ccc(Cl)cc1. The van der Waals surface area contributed by atoms with Gasteiger partial charge in [0.1, 0.15) is 0 Å². The van der Waals surface area contributed by atoms with Crippen LogP contribution in [0.1, 0.15) is 61.5 Å². The van der Waals surface area contributed by atoms with Crippen molar-refractivity contribution in [1.82, 2.24) is 0 Å². The van der Waals surface area contributed by atoms with Crippen LogP contribution in [0.3, 0.4) is 0 Å². The lowest BCUT2D eigenvalue weighted by atomic mass is 9.83. The van der Waals surface area contributed by atoms with Crippen molar-refractivity contribution in [1.29, 1.82) is 0 Å². The first-order chi connectivity index (χ1) is 17.6. The van der Waals surface area contributed by atoms with Gasteiger partial charge in [-0.1, -0.05) is 41.9 Å². The van der Waals surface area contributed by atoms with E-state index in [-0.39, 0.29) is 17.9 Å². The zero-order chi connectivity index (χ0) is 26.9. The first-order valence-corrected chi connectivity index (χ1v) is 12.8. The molecule has 0 bridgehead atoms. The molecule has 1 aliphatic heterocycles. The Morgan fingerprint density at radius 3 is 2.22 bits per heavy atom. The minimum Gasteiger partial charge on any atom is -0.481 e. The molecule has 3 aromatic rings. The molecule has 6 nitrogen and oxygen atoms in total. The third kappa shape index (κ3) is 4.98. The lowest BCUT2D eigenvalue weighted by molar-refractivity contribution is -0.142. The van der Waals surface area contributed by atoms with Gasteiger partial charge in [0.25, 0.3) is 5.91 Å². The molecule has 1 aliphatic rings. The van der Waals surface area contributed by atoms with E-state index in [4.69, 9.17) is 11.6 Å². The predicted molar refractivity (Wildman–Crippen MR) is 147 cm³/mol. The number of benzene rings is 3. The highest BCUT2D eigenvalue weighted by Crippen LogP contribution is 2.41. The highest BCUT2D eigenvalue weighted by atomic mass is 35.5. The van der Waals surface area contributed by atoms with Crippen molar-refractivity contribution in [2.24, 2.45) is 0 Å². The summed E-state index contributed by atoms with van der Waals surface area (Å²) >= 11 is 6.05. The van der Waals surface area contributed by atoms with Crippen LogP contribution in [-0.4, -0.2) is 35.5 Å². The first kappa shape index (κ1) is 26.4. The van der Waals surface area contributed by atoms with E-state index in [1.165, 1.54) is 0 Å². The third-order valence-electron chi connectivity index (χ3n) is 7.21. The van der Waals surface area contributed by atoms with Gasteiger partial charge in [-0.3, -0.25) is 14.4 Å². The molecule has 3 aromatic carbocycles. The summed E-state index contributed by atoms with van der Waals surface area (Å²) in [5.74, 6) is -1.53. The van der Waals surface area contributed by atoms with Gasteiger partial charge < -0.3 is 14.9 Å². The van der Waals surface area contributed by atoms with Gasteiger partial charge in [-0.15, -0.1) is 0 Å². The zero-order valence-electron chi connectivity index (χ0n) is 21.4. The number of hydrogen-bond donors (Lipinski definition) is 1. The number of para-hydroxylation sites is 1. The molecule has 192 valence electrons. The predicted octanol–water partition coefficient (Wildman–Crippen LogP) is 6.28. The molecule has 37 heavy (non-hydrogen) atoms. The van der Waals surface area contributed by atoms with E-state index < -0.39 is 17.3 Å². The van der Waals surface area contributed by atoms with Crippen LogP contribution >= 0.6 is 11.6 Å². The summed E-state index contributed by atoms with van der Waals surface area (Å²) in [6, 6.07) is 21.3. The van der Waals surface area contributed by atoms with Gasteiger partial charge in [-0.25, -0.2) is 0 Å². The number of hydrogen-bond acceptors (Lipinski definition) is 3. The number of anilines is 2. The normalized spacial score (nSPS) is 17.2. The lowest BCUT2D eigenvalue weighted by Crippen LogP contribution is -2.46. The number of fused-ring (bicyclic) bond motifs is 1. The molecule has 0 unspecified atom stereocenters. The van der Waals surface area contributed by atoms with Crippen LogP contribution in [0.4, 0.5) is 11.4 Å². The van der Waals surface area contributed by atoms with E-state index in [1.54, 1.807) is 60.0 Å². The first-order valence-electron chi connectivity index (χ1n) is 12.4. The summed E-state index contributed by atoms with van der Waals surface area (Å²) in [4.78, 5) is 42.6. The summed E-state index contributed by atoms with van der Waals surface area (Å²) in [5.41, 5.74) is 2.34. The third-order valence-corrected chi connectivity index (χ3v) is 7.47. The highest BCUT2D eigenvalue weighted by molar-refractivity contribution is 6.30. The second-order valence-electron chi connectivity index (χ2n) is 9.94. The van der Waals surface area contributed by atoms with Crippen molar-refractivity contribution < 1.29 is 19.5 Å². The van der Waals surface area contributed by atoms with Crippen LogP contribution < -0.4 is 9.80 Å². The number of amides is 2. The Morgan fingerprint density at radius 2 is 1.62 bits per heavy atom. The molecule has 7 heteroatoms. The highest BCUT2D eigenvalue weighted by Gasteiger charge is 2.39. The van der Waals surface area contributed by atoms with Crippen molar-refractivity contribution in [2.75, 3.05) is 16.3 Å². The fourth-order valence-corrected chi connectivity index (χ4v) is 5.05. The van der Waals surface area contributed by atoms with Crippen LogP contribution in [0.2, 0.25) is 5.02 Å². The number of aliphatic carboxylic acids is 1. The van der Waals surface area contributed by atoms with Gasteiger partial charge in [-0.2, -0.15) is 0 Å². The van der Waals surface area contributed by atoms with E-state index in [0.717, 1.165) is 11.3 Å². The van der Waals surface area contributed by atoms with Gasteiger partial charge >= 0.3 is 5.97 Å². The molecule has 0 fully saturated rings. The van der Waals surface area contributed by atoms with Crippen LogP contribution in [0.15, 0.2) is 72.8 Å². The van der Waals surface area contributed by atoms with Crippen molar-refractivity contribution >= 4 is 40.8 Å². The van der Waals surface area contributed by atoms with E-state index in [0.29, 0.717) is 34.8 Å². The lowest BCUT2D eigenvalue weighted by Gasteiger charge is -2.40. The topological polar surface area (TPSA) is 77.9 Å². The molecule has 2 amide bonds. The van der Waals surface area contributed by atoms with Crippen molar-refractivity contribution in [2.45, 2.75) is 51.5 Å². The van der Waals surface area contributed by atoms with Crippen molar-refractivity contribution in [3.8, 4) is 0 Å². The molecule has 0 saturated heterocycles. The molecule has 1 heterocycles. The van der Waals surface area contributed by atoms with E-state index in [9.17, 15) is 19.5 Å². The molecule has 0 saturated carbocycles. The van der Waals surface area contributed by atoms with Gasteiger partial charge in [0.2, 0.25) is 5.91 Å². The van der Waals surface area contributed by atoms with E-state index >= 15 is 0 Å². The monoisotopic (exact) mass is 518 g/mol. The van der Waals surface area contributed by atoms with Crippen LogP contribution in [-0.2, 0) is 15.0 Å². The molecular formula is C30H31ClN2O4. The molecule has 0 aliphatic carbocycles. The molecule has 1 N–H and O–H groups in total. The van der Waals surface area contributed by atoms with Crippen molar-refractivity contribution in [3.05, 3.63) is 94.5 Å². The Morgan fingerprint density at radius 1 is 1.00 bits per heavy atom. The number of nitrogens with zero attached hydrogens (tertiary/aromatic N) is 2. The maximum absolute atomic E-state index is 13.8. The van der Waals surface area contributed by atoms with Gasteiger partial charge in [0.05, 0.1) is 11.3 Å². The molecule has 0 spiro atoms. The minimum atomic E-state index is -1.06. The fourth-order valence-electron chi connectivity index (χ4n) is 4.92. The maximum Gasteiger partial charge on any atom is 0.313 e.